The predicted molar refractivity (Wildman–Crippen MR) is 101 cm³/mol. The minimum absolute atomic E-state index is 0.590. The van der Waals surface area contributed by atoms with Gasteiger partial charge in [0, 0.05) is 18.4 Å². The fourth-order valence-electron chi connectivity index (χ4n) is 2.62. The second-order valence-corrected chi connectivity index (χ2v) is 5.70. The van der Waals surface area contributed by atoms with E-state index in [1.54, 1.807) is 0 Å². The van der Waals surface area contributed by atoms with Gasteiger partial charge in [0.2, 0.25) is 5.95 Å². The molecule has 5 nitrogen and oxygen atoms in total. The average Bonchev–Trinajstić information content (AvgIpc) is 2.98. The van der Waals surface area contributed by atoms with Crippen LogP contribution in [-0.2, 0) is 7.05 Å². The number of azo groups is 1. The van der Waals surface area contributed by atoms with E-state index >= 15 is 0 Å². The first-order valence-electron chi connectivity index (χ1n) is 8.05. The summed E-state index contributed by atoms with van der Waals surface area (Å²) >= 11 is 0. The molecular weight excluding hydrogens is 310 g/mol. The van der Waals surface area contributed by atoms with Crippen molar-refractivity contribution in [3.63, 3.8) is 0 Å². The molecule has 4 rings (SSSR count). The van der Waals surface area contributed by atoms with Crippen LogP contribution in [0.5, 0.6) is 0 Å². The van der Waals surface area contributed by atoms with Gasteiger partial charge in [0.1, 0.15) is 0 Å². The van der Waals surface area contributed by atoms with Crippen LogP contribution >= 0.6 is 0 Å². The molecule has 3 aromatic carbocycles. The molecule has 0 amide bonds. The molecule has 0 unspecified atom stereocenters. The maximum absolute atomic E-state index is 4.49. The Hall–Kier alpha value is -3.47. The molecule has 0 saturated carbocycles. The quantitative estimate of drug-likeness (QED) is 0.486. The fraction of sp³-hybridized carbons (Fsp3) is 0.0500. The first kappa shape index (κ1) is 15.1. The zero-order valence-corrected chi connectivity index (χ0v) is 13.8. The third kappa shape index (κ3) is 3.26. The molecule has 0 atom stereocenters. The van der Waals surface area contributed by atoms with Crippen molar-refractivity contribution < 1.29 is 0 Å². The first-order valence-corrected chi connectivity index (χ1v) is 8.05. The number of imidazole rings is 1. The Balaban J connectivity index is 1.52. The van der Waals surface area contributed by atoms with Crippen molar-refractivity contribution in [2.24, 2.45) is 17.3 Å². The summed E-state index contributed by atoms with van der Waals surface area (Å²) in [5.74, 6) is 0.590. The molecular formula is C20H17N5. The monoisotopic (exact) mass is 327 g/mol. The van der Waals surface area contributed by atoms with Crippen molar-refractivity contribution >= 4 is 34.0 Å². The summed E-state index contributed by atoms with van der Waals surface area (Å²) < 4.78 is 1.93. The third-order valence-electron chi connectivity index (χ3n) is 3.95. The normalized spacial score (nSPS) is 11.2. The summed E-state index contributed by atoms with van der Waals surface area (Å²) in [6.45, 7) is 0. The Bertz CT molecular complexity index is 1020. The lowest BCUT2D eigenvalue weighted by Crippen LogP contribution is -1.88. The molecule has 1 N–H and O–H groups in total. The van der Waals surface area contributed by atoms with Crippen molar-refractivity contribution in [3.05, 3.63) is 78.9 Å². The number of rotatable bonds is 4. The Labute approximate surface area is 145 Å². The molecule has 0 aliphatic heterocycles. The van der Waals surface area contributed by atoms with E-state index in [0.717, 1.165) is 28.1 Å². The summed E-state index contributed by atoms with van der Waals surface area (Å²) in [4.78, 5) is 4.49. The lowest BCUT2D eigenvalue weighted by atomic mass is 10.2. The number of nitrogens with one attached hydrogen (secondary N) is 1. The van der Waals surface area contributed by atoms with Gasteiger partial charge < -0.3 is 9.88 Å². The molecule has 0 spiro atoms. The van der Waals surface area contributed by atoms with E-state index in [0.29, 0.717) is 5.95 Å². The van der Waals surface area contributed by atoms with Gasteiger partial charge in [0.05, 0.1) is 16.7 Å². The van der Waals surface area contributed by atoms with E-state index in [4.69, 9.17) is 0 Å². The van der Waals surface area contributed by atoms with Crippen LogP contribution in [0.25, 0.3) is 11.0 Å². The van der Waals surface area contributed by atoms with Crippen LogP contribution in [0.15, 0.2) is 89.1 Å². The van der Waals surface area contributed by atoms with Crippen LogP contribution in [0.4, 0.5) is 23.0 Å². The molecule has 0 saturated heterocycles. The lowest BCUT2D eigenvalue weighted by Gasteiger charge is -2.05. The molecule has 1 aromatic heterocycles. The Morgan fingerprint density at radius 2 is 1.44 bits per heavy atom. The lowest BCUT2D eigenvalue weighted by molar-refractivity contribution is 0.921. The SMILES string of the molecule is Cn1c(N=Nc2ccc(Nc3ccccc3)cc2)nc2ccccc21. The molecule has 0 aliphatic carbocycles. The van der Waals surface area contributed by atoms with Crippen LogP contribution in [0.2, 0.25) is 0 Å². The van der Waals surface area contributed by atoms with Gasteiger partial charge in [-0.2, -0.15) is 0 Å². The van der Waals surface area contributed by atoms with Crippen LogP contribution in [0, 0.1) is 0 Å². The van der Waals surface area contributed by atoms with Gasteiger partial charge >= 0.3 is 0 Å². The number of nitrogens with zero attached hydrogens (tertiary/aromatic N) is 4. The van der Waals surface area contributed by atoms with Gasteiger partial charge in [-0.1, -0.05) is 30.3 Å². The second kappa shape index (κ2) is 6.57. The summed E-state index contributed by atoms with van der Waals surface area (Å²) in [5.41, 5.74) is 4.80. The number of benzene rings is 3. The van der Waals surface area contributed by atoms with Gasteiger partial charge in [-0.3, -0.25) is 0 Å². The highest BCUT2D eigenvalue weighted by atomic mass is 15.3. The highest BCUT2D eigenvalue weighted by molar-refractivity contribution is 5.77. The van der Waals surface area contributed by atoms with Crippen molar-refractivity contribution in [2.45, 2.75) is 0 Å². The molecule has 0 fully saturated rings. The molecule has 122 valence electrons. The van der Waals surface area contributed by atoms with Gasteiger partial charge in [-0.15, -0.1) is 10.2 Å². The summed E-state index contributed by atoms with van der Waals surface area (Å²) in [6, 6.07) is 25.8. The Kier molecular flexibility index (Phi) is 3.96. The van der Waals surface area contributed by atoms with E-state index in [9.17, 15) is 0 Å². The predicted octanol–water partition coefficient (Wildman–Crippen LogP) is 5.73. The maximum Gasteiger partial charge on any atom is 0.250 e. The molecule has 1 heterocycles. The zero-order valence-electron chi connectivity index (χ0n) is 13.8. The minimum Gasteiger partial charge on any atom is -0.356 e. The highest BCUT2D eigenvalue weighted by Gasteiger charge is 2.05. The average molecular weight is 327 g/mol. The minimum atomic E-state index is 0.590. The number of aromatic nitrogens is 2. The zero-order chi connectivity index (χ0) is 17.1. The maximum atomic E-state index is 4.49. The van der Waals surface area contributed by atoms with Gasteiger partial charge in [0.15, 0.2) is 0 Å². The highest BCUT2D eigenvalue weighted by Crippen LogP contribution is 2.24. The third-order valence-corrected chi connectivity index (χ3v) is 3.95. The summed E-state index contributed by atoms with van der Waals surface area (Å²) in [5, 5.41) is 11.9. The summed E-state index contributed by atoms with van der Waals surface area (Å²) in [6.07, 6.45) is 0. The van der Waals surface area contributed by atoms with E-state index in [-0.39, 0.29) is 0 Å². The van der Waals surface area contributed by atoms with Gasteiger partial charge in [-0.05, 0) is 48.5 Å². The number of fused-ring (bicyclic) bond motifs is 1. The molecule has 25 heavy (non-hydrogen) atoms. The molecule has 0 bridgehead atoms. The van der Waals surface area contributed by atoms with E-state index in [2.05, 4.69) is 20.5 Å². The van der Waals surface area contributed by atoms with Crippen LogP contribution in [0.1, 0.15) is 0 Å². The molecule has 5 heteroatoms. The van der Waals surface area contributed by atoms with Gasteiger partial charge in [-0.25, -0.2) is 4.98 Å². The number of para-hydroxylation sites is 3. The van der Waals surface area contributed by atoms with Crippen molar-refractivity contribution in [3.8, 4) is 0 Å². The smallest absolute Gasteiger partial charge is 0.250 e. The molecule has 4 aromatic rings. The van der Waals surface area contributed by atoms with Crippen molar-refractivity contribution in [1.82, 2.24) is 9.55 Å². The van der Waals surface area contributed by atoms with Crippen molar-refractivity contribution in [1.29, 1.82) is 0 Å². The van der Waals surface area contributed by atoms with E-state index in [1.807, 2.05) is 90.5 Å². The number of anilines is 2. The largest absolute Gasteiger partial charge is 0.356 e. The van der Waals surface area contributed by atoms with Crippen molar-refractivity contribution in [2.75, 3.05) is 5.32 Å². The van der Waals surface area contributed by atoms with Crippen LogP contribution in [0.3, 0.4) is 0 Å². The second-order valence-electron chi connectivity index (χ2n) is 5.70. The number of hydrogen-bond donors (Lipinski definition) is 1. The van der Waals surface area contributed by atoms with E-state index < -0.39 is 0 Å². The Morgan fingerprint density at radius 1 is 0.760 bits per heavy atom. The first-order chi connectivity index (χ1) is 12.3. The van der Waals surface area contributed by atoms with Crippen LogP contribution in [-0.4, -0.2) is 9.55 Å². The van der Waals surface area contributed by atoms with E-state index in [1.165, 1.54) is 0 Å². The molecule has 0 radical (unpaired) electrons. The number of aryl methyl sites for hydroxylation is 1. The number of hydrogen-bond acceptors (Lipinski definition) is 4. The fourth-order valence-corrected chi connectivity index (χ4v) is 2.62. The molecule has 0 aliphatic rings. The summed E-state index contributed by atoms with van der Waals surface area (Å²) in [7, 11) is 1.94. The Morgan fingerprint density at radius 3 is 2.20 bits per heavy atom. The van der Waals surface area contributed by atoms with Crippen LogP contribution < -0.4 is 5.32 Å². The standard InChI is InChI=1S/C20H17N5/c1-25-19-10-6-5-9-18(19)22-20(25)24-23-17-13-11-16(12-14-17)21-15-7-3-2-4-8-15/h2-14,21H,1H3. The topological polar surface area (TPSA) is 54.6 Å². The van der Waals surface area contributed by atoms with Gasteiger partial charge in [0.25, 0.3) is 0 Å².